The number of hydrogen-bond acceptors (Lipinski definition) is 2. The molecule has 0 radical (unpaired) electrons. The van der Waals surface area contributed by atoms with Crippen LogP contribution in [0.15, 0.2) is 30.3 Å². The van der Waals surface area contributed by atoms with E-state index < -0.39 is 11.9 Å². The minimum Gasteiger partial charge on any atom is -0.481 e. The molecule has 1 atom stereocenters. The number of benzene rings is 1. The molecule has 1 aromatic heterocycles. The number of rotatable bonds is 5. The van der Waals surface area contributed by atoms with Gasteiger partial charge in [-0.2, -0.15) is 5.10 Å². The fourth-order valence-electron chi connectivity index (χ4n) is 2.30. The molecule has 0 amide bonds. The summed E-state index contributed by atoms with van der Waals surface area (Å²) in [5.41, 5.74) is 2.42. The molecule has 0 saturated carbocycles. The van der Waals surface area contributed by atoms with E-state index in [0.717, 1.165) is 11.4 Å². The molecular weight excluding hydrogens is 259 g/mol. The number of aromatic nitrogens is 2. The highest BCUT2D eigenvalue weighted by Crippen LogP contribution is 2.16. The number of carboxylic acid groups (broad SMARTS) is 1. The zero-order chi connectivity index (χ0) is 14.7. The summed E-state index contributed by atoms with van der Waals surface area (Å²) in [6.07, 6.45) is 0.681. The molecule has 0 spiro atoms. The highest BCUT2D eigenvalue weighted by molar-refractivity contribution is 5.70. The van der Waals surface area contributed by atoms with E-state index in [4.69, 9.17) is 0 Å². The Labute approximate surface area is 116 Å². The smallest absolute Gasteiger partial charge is 0.307 e. The van der Waals surface area contributed by atoms with Crippen molar-refractivity contribution in [2.45, 2.75) is 19.8 Å². The van der Waals surface area contributed by atoms with Crippen LogP contribution in [0.25, 0.3) is 0 Å². The molecule has 2 aromatic rings. The van der Waals surface area contributed by atoms with Crippen LogP contribution < -0.4 is 0 Å². The number of nitrogens with zero attached hydrogens (tertiary/aromatic N) is 2. The van der Waals surface area contributed by atoms with Crippen LogP contribution >= 0.6 is 0 Å². The number of carbonyl (C=O) groups is 1. The molecule has 1 heterocycles. The van der Waals surface area contributed by atoms with Gasteiger partial charge in [0.15, 0.2) is 0 Å². The molecule has 5 heteroatoms. The molecule has 0 aliphatic carbocycles. The van der Waals surface area contributed by atoms with Crippen LogP contribution in [-0.2, 0) is 24.7 Å². The van der Waals surface area contributed by atoms with Crippen LogP contribution in [0.3, 0.4) is 0 Å². The first-order valence-electron chi connectivity index (χ1n) is 6.42. The van der Waals surface area contributed by atoms with Crippen LogP contribution in [0.5, 0.6) is 0 Å². The molecule has 1 aromatic carbocycles. The number of halogens is 1. The maximum atomic E-state index is 13.2. The van der Waals surface area contributed by atoms with Crippen LogP contribution in [0.1, 0.15) is 17.0 Å². The third kappa shape index (κ3) is 3.44. The van der Waals surface area contributed by atoms with Gasteiger partial charge in [0.1, 0.15) is 5.82 Å². The lowest BCUT2D eigenvalue weighted by Crippen LogP contribution is -2.20. The maximum absolute atomic E-state index is 13.2. The van der Waals surface area contributed by atoms with Crippen LogP contribution in [0.4, 0.5) is 4.39 Å². The van der Waals surface area contributed by atoms with Gasteiger partial charge in [-0.1, -0.05) is 12.1 Å². The van der Waals surface area contributed by atoms with Gasteiger partial charge in [-0.3, -0.25) is 9.48 Å². The van der Waals surface area contributed by atoms with E-state index in [-0.39, 0.29) is 5.82 Å². The fourth-order valence-corrected chi connectivity index (χ4v) is 2.30. The summed E-state index contributed by atoms with van der Waals surface area (Å²) in [6, 6.07) is 7.95. The molecule has 0 aliphatic rings. The average molecular weight is 276 g/mol. The Morgan fingerprint density at radius 1 is 1.40 bits per heavy atom. The Kier molecular flexibility index (Phi) is 4.17. The van der Waals surface area contributed by atoms with Crippen molar-refractivity contribution in [2.24, 2.45) is 13.0 Å². The third-order valence-corrected chi connectivity index (χ3v) is 3.27. The summed E-state index contributed by atoms with van der Waals surface area (Å²) in [7, 11) is 1.80. The molecule has 0 aliphatic heterocycles. The molecule has 2 rings (SSSR count). The van der Waals surface area contributed by atoms with E-state index in [9.17, 15) is 14.3 Å². The summed E-state index contributed by atoms with van der Waals surface area (Å²) in [5, 5.41) is 13.5. The Morgan fingerprint density at radius 2 is 2.15 bits per heavy atom. The van der Waals surface area contributed by atoms with Crippen molar-refractivity contribution >= 4 is 5.97 Å². The molecule has 1 N–H and O–H groups in total. The van der Waals surface area contributed by atoms with Crippen molar-refractivity contribution in [2.75, 3.05) is 0 Å². The van der Waals surface area contributed by atoms with Gasteiger partial charge in [0.2, 0.25) is 0 Å². The summed E-state index contributed by atoms with van der Waals surface area (Å²) in [4.78, 5) is 11.4. The molecule has 0 fully saturated rings. The second-order valence-electron chi connectivity index (χ2n) is 4.97. The Balaban J connectivity index is 2.15. The van der Waals surface area contributed by atoms with Gasteiger partial charge in [-0.25, -0.2) is 4.39 Å². The van der Waals surface area contributed by atoms with E-state index in [2.05, 4.69) is 5.10 Å². The highest BCUT2D eigenvalue weighted by Gasteiger charge is 2.20. The maximum Gasteiger partial charge on any atom is 0.307 e. The summed E-state index contributed by atoms with van der Waals surface area (Å²) in [5.74, 6) is -1.82. The van der Waals surface area contributed by atoms with Crippen molar-refractivity contribution in [3.8, 4) is 0 Å². The second kappa shape index (κ2) is 5.86. The molecule has 1 unspecified atom stereocenters. The lowest BCUT2D eigenvalue weighted by atomic mass is 9.94. The van der Waals surface area contributed by atoms with Crippen molar-refractivity contribution in [1.29, 1.82) is 0 Å². The van der Waals surface area contributed by atoms with E-state index in [1.807, 2.05) is 13.0 Å². The van der Waals surface area contributed by atoms with E-state index in [0.29, 0.717) is 18.4 Å². The Hall–Kier alpha value is -2.17. The predicted octanol–water partition coefficient (Wildman–Crippen LogP) is 2.35. The standard InChI is InChI=1S/C15H17FN2O2/c1-10-6-14(18(2)17-10)9-12(15(19)20)7-11-4-3-5-13(16)8-11/h3-6,8,12H,7,9H2,1-2H3,(H,19,20). The molecule has 0 saturated heterocycles. The number of carboxylic acids is 1. The minimum atomic E-state index is -0.881. The summed E-state index contributed by atoms with van der Waals surface area (Å²) >= 11 is 0. The minimum absolute atomic E-state index is 0.303. The van der Waals surface area contributed by atoms with E-state index in [1.165, 1.54) is 12.1 Å². The summed E-state index contributed by atoms with van der Waals surface area (Å²) in [6.45, 7) is 1.87. The largest absolute Gasteiger partial charge is 0.481 e. The first kappa shape index (κ1) is 14.2. The number of hydrogen-bond donors (Lipinski definition) is 1. The molecular formula is C15H17FN2O2. The Morgan fingerprint density at radius 3 is 2.70 bits per heavy atom. The van der Waals surface area contributed by atoms with E-state index >= 15 is 0 Å². The topological polar surface area (TPSA) is 55.1 Å². The van der Waals surface area contributed by atoms with Gasteiger partial charge in [0.05, 0.1) is 11.6 Å². The lowest BCUT2D eigenvalue weighted by Gasteiger charge is -2.12. The SMILES string of the molecule is Cc1cc(CC(Cc2cccc(F)c2)C(=O)O)n(C)n1. The highest BCUT2D eigenvalue weighted by atomic mass is 19.1. The second-order valence-corrected chi connectivity index (χ2v) is 4.97. The molecule has 20 heavy (non-hydrogen) atoms. The van der Waals surface area contributed by atoms with Gasteiger partial charge in [-0.05, 0) is 37.1 Å². The van der Waals surface area contributed by atoms with Crippen molar-refractivity contribution in [1.82, 2.24) is 9.78 Å². The van der Waals surface area contributed by atoms with Crippen LogP contribution in [0.2, 0.25) is 0 Å². The van der Waals surface area contributed by atoms with Crippen molar-refractivity contribution < 1.29 is 14.3 Å². The molecule has 0 bridgehead atoms. The zero-order valence-electron chi connectivity index (χ0n) is 11.5. The van der Waals surface area contributed by atoms with Crippen LogP contribution in [-0.4, -0.2) is 20.9 Å². The molecule has 106 valence electrons. The van der Waals surface area contributed by atoms with Gasteiger partial charge in [0, 0.05) is 19.2 Å². The lowest BCUT2D eigenvalue weighted by molar-refractivity contribution is -0.141. The predicted molar refractivity (Wildman–Crippen MR) is 72.9 cm³/mol. The van der Waals surface area contributed by atoms with Crippen molar-refractivity contribution in [3.63, 3.8) is 0 Å². The quantitative estimate of drug-likeness (QED) is 0.912. The van der Waals surface area contributed by atoms with Gasteiger partial charge < -0.3 is 5.11 Å². The van der Waals surface area contributed by atoms with Crippen LogP contribution in [0, 0.1) is 18.7 Å². The monoisotopic (exact) mass is 276 g/mol. The van der Waals surface area contributed by atoms with Gasteiger partial charge >= 0.3 is 5.97 Å². The number of aryl methyl sites for hydroxylation is 2. The summed E-state index contributed by atoms with van der Waals surface area (Å²) < 4.78 is 14.8. The third-order valence-electron chi connectivity index (χ3n) is 3.27. The Bertz CT molecular complexity index is 622. The van der Waals surface area contributed by atoms with Gasteiger partial charge in [0.25, 0.3) is 0 Å². The first-order valence-corrected chi connectivity index (χ1v) is 6.42. The molecule has 4 nitrogen and oxygen atoms in total. The fraction of sp³-hybridized carbons (Fsp3) is 0.333. The zero-order valence-corrected chi connectivity index (χ0v) is 11.5. The normalized spacial score (nSPS) is 12.3. The van der Waals surface area contributed by atoms with E-state index in [1.54, 1.807) is 23.9 Å². The first-order chi connectivity index (χ1) is 9.45. The van der Waals surface area contributed by atoms with Gasteiger partial charge in [-0.15, -0.1) is 0 Å². The average Bonchev–Trinajstić information content (AvgIpc) is 2.67. The van der Waals surface area contributed by atoms with Crippen molar-refractivity contribution in [3.05, 3.63) is 53.1 Å². The number of aliphatic carboxylic acids is 1.